The van der Waals surface area contributed by atoms with Gasteiger partial charge in [-0.15, -0.1) is 0 Å². The number of aromatic nitrogens is 1. The summed E-state index contributed by atoms with van der Waals surface area (Å²) in [5.41, 5.74) is 1.14. The van der Waals surface area contributed by atoms with Crippen LogP contribution in [0.25, 0.3) is 0 Å². The number of pyridine rings is 1. The number of carbonyl (C=O) groups is 1. The molecule has 0 radical (unpaired) electrons. The minimum atomic E-state index is 0.0738. The fraction of sp³-hybridized carbons (Fsp3) is 0.667. The van der Waals surface area contributed by atoms with Crippen molar-refractivity contribution < 1.29 is 4.79 Å². The number of piperidine rings is 1. The molecule has 1 atom stereocenters. The first-order valence-corrected chi connectivity index (χ1v) is 9.16. The van der Waals surface area contributed by atoms with E-state index in [1.165, 1.54) is 32.4 Å². The number of amides is 2. The number of likely N-dealkylation sites (tertiary alicyclic amines) is 1. The van der Waals surface area contributed by atoms with Crippen molar-refractivity contribution in [1.82, 2.24) is 20.1 Å². The average molecular weight is 331 g/mol. The predicted molar refractivity (Wildman–Crippen MR) is 96.3 cm³/mol. The number of carbonyl (C=O) groups excluding carboxylic acids is 1. The third-order valence-corrected chi connectivity index (χ3v) is 5.14. The van der Waals surface area contributed by atoms with Gasteiger partial charge in [-0.3, -0.25) is 9.88 Å². The van der Waals surface area contributed by atoms with Gasteiger partial charge in [0.2, 0.25) is 0 Å². The van der Waals surface area contributed by atoms with Gasteiger partial charge in [-0.2, -0.15) is 0 Å². The Balaban J connectivity index is 1.40. The van der Waals surface area contributed by atoms with Crippen molar-refractivity contribution >= 4 is 11.7 Å². The van der Waals surface area contributed by atoms with Gasteiger partial charge in [-0.25, -0.2) is 4.79 Å². The molecule has 2 amide bonds. The molecule has 1 unspecified atom stereocenters. The van der Waals surface area contributed by atoms with Gasteiger partial charge in [0, 0.05) is 45.0 Å². The molecule has 0 bridgehead atoms. The molecule has 1 aromatic heterocycles. The summed E-state index contributed by atoms with van der Waals surface area (Å²) in [6.45, 7) is 8.54. The summed E-state index contributed by atoms with van der Waals surface area (Å²) in [5, 5.41) is 3.12. The molecule has 24 heavy (non-hydrogen) atoms. The molecule has 6 heteroatoms. The van der Waals surface area contributed by atoms with Crippen molar-refractivity contribution in [3.63, 3.8) is 0 Å². The molecule has 2 aliphatic rings. The highest BCUT2D eigenvalue weighted by Gasteiger charge is 2.22. The van der Waals surface area contributed by atoms with Crippen LogP contribution in [0.4, 0.5) is 10.5 Å². The van der Waals surface area contributed by atoms with E-state index in [0.29, 0.717) is 6.04 Å². The van der Waals surface area contributed by atoms with E-state index >= 15 is 0 Å². The quantitative estimate of drug-likeness (QED) is 0.914. The monoisotopic (exact) mass is 331 g/mol. The van der Waals surface area contributed by atoms with Crippen LogP contribution < -0.4 is 10.2 Å². The van der Waals surface area contributed by atoms with Crippen molar-refractivity contribution in [2.45, 2.75) is 32.2 Å². The van der Waals surface area contributed by atoms with E-state index in [9.17, 15) is 4.79 Å². The van der Waals surface area contributed by atoms with Crippen LogP contribution in [0.15, 0.2) is 24.5 Å². The molecular weight excluding hydrogens is 302 g/mol. The zero-order valence-corrected chi connectivity index (χ0v) is 14.7. The fourth-order valence-corrected chi connectivity index (χ4v) is 3.54. The normalized spacial score (nSPS) is 20.7. The summed E-state index contributed by atoms with van der Waals surface area (Å²) in [6, 6.07) is 4.52. The maximum absolute atomic E-state index is 12.4. The molecule has 1 N–H and O–H groups in total. The Morgan fingerprint density at radius 1 is 1.17 bits per heavy atom. The number of nitrogens with one attached hydrogen (secondary N) is 1. The minimum Gasteiger partial charge on any atom is -0.367 e. The Kier molecular flexibility index (Phi) is 5.91. The van der Waals surface area contributed by atoms with E-state index in [-0.39, 0.29) is 6.03 Å². The largest absolute Gasteiger partial charge is 0.367 e. The second-order valence-corrected chi connectivity index (χ2v) is 6.82. The topological polar surface area (TPSA) is 51.7 Å². The van der Waals surface area contributed by atoms with Crippen LogP contribution in [0.2, 0.25) is 0 Å². The van der Waals surface area contributed by atoms with E-state index < -0.39 is 0 Å². The number of hydrogen-bond donors (Lipinski definition) is 1. The SMILES string of the molecule is CC(CNC(=O)N1CCN(c2cccnc2)CC1)N1CCCCC1. The fourth-order valence-electron chi connectivity index (χ4n) is 3.54. The summed E-state index contributed by atoms with van der Waals surface area (Å²) in [7, 11) is 0. The Morgan fingerprint density at radius 3 is 2.58 bits per heavy atom. The van der Waals surface area contributed by atoms with Crippen LogP contribution in [0, 0.1) is 0 Å². The van der Waals surface area contributed by atoms with Crippen LogP contribution in [0.5, 0.6) is 0 Å². The third-order valence-electron chi connectivity index (χ3n) is 5.14. The molecule has 3 heterocycles. The molecule has 2 saturated heterocycles. The average Bonchev–Trinajstić information content (AvgIpc) is 2.67. The van der Waals surface area contributed by atoms with Gasteiger partial charge in [0.15, 0.2) is 0 Å². The first-order chi connectivity index (χ1) is 11.7. The predicted octanol–water partition coefficient (Wildman–Crippen LogP) is 1.79. The van der Waals surface area contributed by atoms with Crippen LogP contribution >= 0.6 is 0 Å². The number of nitrogens with zero attached hydrogens (tertiary/aromatic N) is 4. The van der Waals surface area contributed by atoms with E-state index in [0.717, 1.165) is 38.4 Å². The van der Waals surface area contributed by atoms with E-state index in [1.54, 1.807) is 6.20 Å². The van der Waals surface area contributed by atoms with Gasteiger partial charge in [0.25, 0.3) is 0 Å². The summed E-state index contributed by atoms with van der Waals surface area (Å²) >= 11 is 0. The number of anilines is 1. The lowest BCUT2D eigenvalue weighted by molar-refractivity contribution is 0.162. The molecule has 0 spiro atoms. The zero-order chi connectivity index (χ0) is 16.8. The van der Waals surface area contributed by atoms with Crippen molar-refractivity contribution in [2.75, 3.05) is 50.7 Å². The molecule has 6 nitrogen and oxygen atoms in total. The molecule has 2 fully saturated rings. The highest BCUT2D eigenvalue weighted by molar-refractivity contribution is 5.74. The van der Waals surface area contributed by atoms with Crippen LogP contribution in [-0.2, 0) is 0 Å². The lowest BCUT2D eigenvalue weighted by Gasteiger charge is -2.37. The molecule has 0 saturated carbocycles. The second kappa shape index (κ2) is 8.33. The van der Waals surface area contributed by atoms with Crippen molar-refractivity contribution in [3.05, 3.63) is 24.5 Å². The molecule has 132 valence electrons. The summed E-state index contributed by atoms with van der Waals surface area (Å²) < 4.78 is 0. The zero-order valence-electron chi connectivity index (χ0n) is 14.7. The molecule has 0 aromatic carbocycles. The van der Waals surface area contributed by atoms with Crippen LogP contribution in [-0.4, -0.2) is 72.7 Å². The van der Waals surface area contributed by atoms with Gasteiger partial charge >= 0.3 is 6.03 Å². The lowest BCUT2D eigenvalue weighted by Crippen LogP contribution is -2.53. The lowest BCUT2D eigenvalue weighted by atomic mass is 10.1. The molecule has 1 aromatic rings. The standard InChI is InChI=1S/C18H29N5O/c1-16(21-8-3-2-4-9-21)14-20-18(24)23-12-10-22(11-13-23)17-6-5-7-19-15-17/h5-7,15-16H,2-4,8-14H2,1H3,(H,20,24). The summed E-state index contributed by atoms with van der Waals surface area (Å²) in [4.78, 5) is 23.3. The Morgan fingerprint density at radius 2 is 1.92 bits per heavy atom. The Hall–Kier alpha value is -1.82. The second-order valence-electron chi connectivity index (χ2n) is 6.82. The molecule has 0 aliphatic carbocycles. The maximum atomic E-state index is 12.4. The molecular formula is C18H29N5O. The molecule has 3 rings (SSSR count). The number of hydrogen-bond acceptors (Lipinski definition) is 4. The van der Waals surface area contributed by atoms with Gasteiger partial charge in [0.1, 0.15) is 0 Å². The van der Waals surface area contributed by atoms with Crippen molar-refractivity contribution in [3.8, 4) is 0 Å². The summed E-state index contributed by atoms with van der Waals surface area (Å²) in [5.74, 6) is 0. The number of piperazine rings is 1. The number of urea groups is 1. The Bertz CT molecular complexity index is 509. The first kappa shape index (κ1) is 17.0. The Labute approximate surface area is 144 Å². The first-order valence-electron chi connectivity index (χ1n) is 9.16. The van der Waals surface area contributed by atoms with E-state index in [4.69, 9.17) is 0 Å². The highest BCUT2D eigenvalue weighted by Crippen LogP contribution is 2.14. The number of rotatable bonds is 4. The van der Waals surface area contributed by atoms with Gasteiger partial charge in [0.05, 0.1) is 11.9 Å². The van der Waals surface area contributed by atoms with Gasteiger partial charge in [-0.05, 0) is 45.0 Å². The van der Waals surface area contributed by atoms with Crippen LogP contribution in [0.3, 0.4) is 0 Å². The maximum Gasteiger partial charge on any atom is 0.317 e. The van der Waals surface area contributed by atoms with Gasteiger partial charge < -0.3 is 15.1 Å². The third kappa shape index (κ3) is 4.38. The molecule has 2 aliphatic heterocycles. The smallest absolute Gasteiger partial charge is 0.317 e. The van der Waals surface area contributed by atoms with Gasteiger partial charge in [-0.1, -0.05) is 6.42 Å². The summed E-state index contributed by atoms with van der Waals surface area (Å²) in [6.07, 6.45) is 7.59. The highest BCUT2D eigenvalue weighted by atomic mass is 16.2. The van der Waals surface area contributed by atoms with E-state index in [2.05, 4.69) is 33.1 Å². The van der Waals surface area contributed by atoms with E-state index in [1.807, 2.05) is 17.2 Å². The minimum absolute atomic E-state index is 0.0738. The van der Waals surface area contributed by atoms with Crippen molar-refractivity contribution in [1.29, 1.82) is 0 Å². The van der Waals surface area contributed by atoms with Crippen molar-refractivity contribution in [2.24, 2.45) is 0 Å². The van der Waals surface area contributed by atoms with Crippen LogP contribution in [0.1, 0.15) is 26.2 Å².